The number of nitrogens with one attached hydrogen (secondary N) is 2. The van der Waals surface area contributed by atoms with E-state index >= 15 is 0 Å². The largest absolute Gasteiger partial charge is 0.480 e. The maximum atomic E-state index is 11.9. The summed E-state index contributed by atoms with van der Waals surface area (Å²) in [5.41, 5.74) is -0.713. The van der Waals surface area contributed by atoms with Gasteiger partial charge >= 0.3 is 12.1 Å². The lowest BCUT2D eigenvalue weighted by Crippen LogP contribution is -2.43. The van der Waals surface area contributed by atoms with Crippen molar-refractivity contribution in [3.63, 3.8) is 0 Å². The van der Waals surface area contributed by atoms with Crippen LogP contribution in [0.15, 0.2) is 0 Å². The standard InChI is InChI=1S/C29H56N2O13/c1-29(2,3)44-28(35)31-25(27(33)34)7-5-6-9-30-26(32)8-10-37-13-14-39-17-18-41-21-22-43-24-23-42-20-19-40-16-15-38-12-11-36-4/h25H,5-24H2,1-4H3,(H,30,32)(H,31,35)(H,33,34)/t25-/m0/s1. The Balaban J connectivity index is 3.41. The molecule has 44 heavy (non-hydrogen) atoms. The molecule has 0 aromatic carbocycles. The Morgan fingerprint density at radius 3 is 1.43 bits per heavy atom. The molecule has 0 heterocycles. The normalized spacial score (nSPS) is 12.2. The molecule has 260 valence electrons. The van der Waals surface area contributed by atoms with Gasteiger partial charge in [0, 0.05) is 20.1 Å². The van der Waals surface area contributed by atoms with Crippen molar-refractivity contribution >= 4 is 18.0 Å². The number of carboxylic acid groups (broad SMARTS) is 1. The van der Waals surface area contributed by atoms with Gasteiger partial charge < -0.3 is 58.4 Å². The summed E-state index contributed by atoms with van der Waals surface area (Å²) in [7, 11) is 1.63. The van der Waals surface area contributed by atoms with Crippen molar-refractivity contribution in [3.8, 4) is 0 Å². The molecule has 0 aliphatic heterocycles. The topological polar surface area (TPSA) is 179 Å². The summed E-state index contributed by atoms with van der Waals surface area (Å²) in [6, 6.07) is -1.05. The van der Waals surface area contributed by atoms with E-state index in [1.54, 1.807) is 27.9 Å². The van der Waals surface area contributed by atoms with Crippen molar-refractivity contribution in [2.45, 2.75) is 58.1 Å². The van der Waals surface area contributed by atoms with Crippen LogP contribution >= 0.6 is 0 Å². The fourth-order valence-electron chi connectivity index (χ4n) is 3.23. The molecule has 0 aromatic heterocycles. The smallest absolute Gasteiger partial charge is 0.408 e. The van der Waals surface area contributed by atoms with Gasteiger partial charge in [-0.2, -0.15) is 0 Å². The summed E-state index contributed by atoms with van der Waals surface area (Å²) in [6.07, 6.45) is 0.757. The van der Waals surface area contributed by atoms with Crippen LogP contribution in [0.5, 0.6) is 0 Å². The zero-order valence-electron chi connectivity index (χ0n) is 27.1. The van der Waals surface area contributed by atoms with E-state index in [9.17, 15) is 19.5 Å². The molecule has 0 aromatic rings. The maximum absolute atomic E-state index is 11.9. The number of amides is 2. The van der Waals surface area contributed by atoms with Gasteiger partial charge in [-0.05, 0) is 40.0 Å². The molecule has 3 N–H and O–H groups in total. The highest BCUT2D eigenvalue weighted by Gasteiger charge is 2.23. The van der Waals surface area contributed by atoms with E-state index in [1.807, 2.05) is 0 Å². The van der Waals surface area contributed by atoms with Crippen LogP contribution in [0.1, 0.15) is 46.5 Å². The van der Waals surface area contributed by atoms with Crippen molar-refractivity contribution in [2.75, 3.05) is 113 Å². The molecule has 0 saturated heterocycles. The van der Waals surface area contributed by atoms with Crippen LogP contribution in [-0.2, 0) is 52.2 Å². The van der Waals surface area contributed by atoms with Crippen molar-refractivity contribution < 1.29 is 62.1 Å². The molecular formula is C29H56N2O13. The quantitative estimate of drug-likeness (QED) is 0.0927. The average Bonchev–Trinajstić information content (AvgIpc) is 2.95. The number of carbonyl (C=O) groups excluding carboxylic acids is 2. The Morgan fingerprint density at radius 1 is 0.636 bits per heavy atom. The Bertz CT molecular complexity index is 707. The van der Waals surface area contributed by atoms with Crippen molar-refractivity contribution in [1.29, 1.82) is 0 Å². The molecule has 15 nitrogen and oxygen atoms in total. The van der Waals surface area contributed by atoms with Crippen molar-refractivity contribution in [1.82, 2.24) is 10.6 Å². The summed E-state index contributed by atoms with van der Waals surface area (Å²) in [6.45, 7) is 12.5. The highest BCUT2D eigenvalue weighted by Crippen LogP contribution is 2.08. The number of carboxylic acids is 1. The summed E-state index contributed by atoms with van der Waals surface area (Å²) >= 11 is 0. The first kappa shape index (κ1) is 41.9. The summed E-state index contributed by atoms with van der Waals surface area (Å²) in [4.78, 5) is 35.1. The van der Waals surface area contributed by atoms with Gasteiger partial charge in [-0.3, -0.25) is 4.79 Å². The predicted octanol–water partition coefficient (Wildman–Crippen LogP) is 1.40. The Hall–Kier alpha value is -2.11. The second-order valence-electron chi connectivity index (χ2n) is 10.4. The number of alkyl carbamates (subject to hydrolysis) is 1. The van der Waals surface area contributed by atoms with Gasteiger partial charge in [0.25, 0.3) is 0 Å². The van der Waals surface area contributed by atoms with Gasteiger partial charge in [0.05, 0.1) is 99.1 Å². The number of unbranched alkanes of at least 4 members (excludes halogenated alkanes) is 1. The van der Waals surface area contributed by atoms with Crippen LogP contribution in [0.2, 0.25) is 0 Å². The van der Waals surface area contributed by atoms with Crippen LogP contribution in [0.25, 0.3) is 0 Å². The van der Waals surface area contributed by atoms with E-state index in [2.05, 4.69) is 10.6 Å². The molecule has 0 saturated carbocycles. The number of hydrogen-bond donors (Lipinski definition) is 3. The highest BCUT2D eigenvalue weighted by molar-refractivity contribution is 5.80. The molecule has 0 aliphatic rings. The fraction of sp³-hybridized carbons (Fsp3) is 0.897. The Labute approximate surface area is 261 Å². The molecule has 1 atom stereocenters. The summed E-state index contributed by atoms with van der Waals surface area (Å²) in [5.74, 6) is -1.29. The van der Waals surface area contributed by atoms with Crippen LogP contribution < -0.4 is 10.6 Å². The molecular weight excluding hydrogens is 584 g/mol. The van der Waals surface area contributed by atoms with Gasteiger partial charge in [0.1, 0.15) is 11.6 Å². The van der Waals surface area contributed by atoms with E-state index in [4.69, 9.17) is 42.6 Å². The second-order valence-corrected chi connectivity index (χ2v) is 10.4. The molecule has 0 fully saturated rings. The van der Waals surface area contributed by atoms with E-state index in [-0.39, 0.29) is 25.4 Å². The van der Waals surface area contributed by atoms with Crippen LogP contribution in [0, 0.1) is 0 Å². The number of methoxy groups -OCH3 is 1. The van der Waals surface area contributed by atoms with Gasteiger partial charge in [0.2, 0.25) is 5.91 Å². The van der Waals surface area contributed by atoms with E-state index < -0.39 is 23.7 Å². The van der Waals surface area contributed by atoms with E-state index in [1.165, 1.54) is 0 Å². The minimum atomic E-state index is -1.13. The van der Waals surface area contributed by atoms with Crippen molar-refractivity contribution in [3.05, 3.63) is 0 Å². The molecule has 0 radical (unpaired) electrons. The first-order valence-electron chi connectivity index (χ1n) is 15.2. The highest BCUT2D eigenvalue weighted by atomic mass is 16.6. The van der Waals surface area contributed by atoms with E-state index in [0.29, 0.717) is 112 Å². The van der Waals surface area contributed by atoms with Gasteiger partial charge in [0.15, 0.2) is 0 Å². The summed E-state index contributed by atoms with van der Waals surface area (Å²) in [5, 5.41) is 14.4. The SMILES string of the molecule is COCCOCCOCCOCCOCCOCCOCCOCCC(=O)NCCCC[C@H](NC(=O)OC(C)(C)C)C(=O)O. The van der Waals surface area contributed by atoms with Gasteiger partial charge in [-0.1, -0.05) is 0 Å². The number of ether oxygens (including phenoxy) is 9. The third-order valence-corrected chi connectivity index (χ3v) is 5.37. The average molecular weight is 641 g/mol. The van der Waals surface area contributed by atoms with E-state index in [0.717, 1.165) is 0 Å². The van der Waals surface area contributed by atoms with Crippen LogP contribution in [0.3, 0.4) is 0 Å². The van der Waals surface area contributed by atoms with Gasteiger partial charge in [-0.15, -0.1) is 0 Å². The molecule has 15 heteroatoms. The zero-order chi connectivity index (χ0) is 32.7. The monoisotopic (exact) mass is 640 g/mol. The summed E-state index contributed by atoms with van der Waals surface area (Å²) < 4.78 is 47.7. The third kappa shape index (κ3) is 31.3. The van der Waals surface area contributed by atoms with Crippen LogP contribution in [-0.4, -0.2) is 147 Å². The Kier molecular flexibility index (Phi) is 28.2. The maximum Gasteiger partial charge on any atom is 0.408 e. The lowest BCUT2D eigenvalue weighted by Gasteiger charge is -2.22. The lowest BCUT2D eigenvalue weighted by molar-refractivity contribution is -0.139. The number of hydrogen-bond acceptors (Lipinski definition) is 12. The third-order valence-electron chi connectivity index (χ3n) is 5.37. The van der Waals surface area contributed by atoms with Gasteiger partial charge in [-0.25, -0.2) is 9.59 Å². The zero-order valence-corrected chi connectivity index (χ0v) is 27.1. The molecule has 0 aliphatic carbocycles. The second kappa shape index (κ2) is 29.6. The van der Waals surface area contributed by atoms with Crippen molar-refractivity contribution in [2.24, 2.45) is 0 Å². The molecule has 0 unspecified atom stereocenters. The fourth-order valence-corrected chi connectivity index (χ4v) is 3.23. The minimum Gasteiger partial charge on any atom is -0.480 e. The first-order valence-corrected chi connectivity index (χ1v) is 15.2. The number of aliphatic carboxylic acids is 1. The molecule has 2 amide bonds. The number of carbonyl (C=O) groups is 3. The first-order chi connectivity index (χ1) is 21.2. The molecule has 0 spiro atoms. The lowest BCUT2D eigenvalue weighted by atomic mass is 10.1. The minimum absolute atomic E-state index is 0.153. The predicted molar refractivity (Wildman–Crippen MR) is 160 cm³/mol. The molecule has 0 rings (SSSR count). The number of rotatable bonds is 31. The Morgan fingerprint density at radius 2 is 1.05 bits per heavy atom. The molecule has 0 bridgehead atoms. The van der Waals surface area contributed by atoms with Crippen LogP contribution in [0.4, 0.5) is 4.79 Å².